The van der Waals surface area contributed by atoms with Crippen LogP contribution < -0.4 is 0 Å². The van der Waals surface area contributed by atoms with Crippen LogP contribution in [0.3, 0.4) is 0 Å². The molecule has 0 aromatic heterocycles. The van der Waals surface area contributed by atoms with Crippen LogP contribution in [-0.2, 0) is 11.6 Å². The number of rotatable bonds is 5. The summed E-state index contributed by atoms with van der Waals surface area (Å²) in [6, 6.07) is 17.9. The normalized spacial score (nSPS) is 19.9. The maximum atomic E-state index is 12.6. The van der Waals surface area contributed by atoms with Gasteiger partial charge < -0.3 is 0 Å². The van der Waals surface area contributed by atoms with Crippen LogP contribution >= 0.6 is 0 Å². The first-order valence-corrected chi connectivity index (χ1v) is 10.5. The second-order valence-corrected chi connectivity index (χ2v) is 9.45. The molecule has 0 saturated carbocycles. The van der Waals surface area contributed by atoms with Gasteiger partial charge in [0.05, 0.1) is 0 Å². The summed E-state index contributed by atoms with van der Waals surface area (Å²) in [5, 5.41) is 13.9. The Balaban J connectivity index is 1.73. The summed E-state index contributed by atoms with van der Waals surface area (Å²) in [5.41, 5.74) is 4.59. The number of hydrogen-bond acceptors (Lipinski definition) is 1. The SMILES string of the molecule is C/C=C/CCc1ccc(-c2ccc(C3CC(C)(C)N([O])C(C)(C)C3)cc2)cc1. The fourth-order valence-corrected chi connectivity index (χ4v) is 4.73. The molecule has 1 radical (unpaired) electrons. The van der Waals surface area contributed by atoms with Crippen LogP contribution in [0.1, 0.15) is 70.9 Å². The zero-order chi connectivity index (χ0) is 20.4. The molecule has 2 aromatic carbocycles. The summed E-state index contributed by atoms with van der Waals surface area (Å²) < 4.78 is 0. The van der Waals surface area contributed by atoms with Gasteiger partial charge in [0.25, 0.3) is 0 Å². The Bertz CT molecular complexity index is 781. The third kappa shape index (κ3) is 4.56. The smallest absolute Gasteiger partial charge is 0.0449 e. The van der Waals surface area contributed by atoms with Gasteiger partial charge in [-0.15, -0.1) is 10.3 Å². The molecule has 28 heavy (non-hydrogen) atoms. The topological polar surface area (TPSA) is 23.1 Å². The molecule has 1 fully saturated rings. The highest BCUT2D eigenvalue weighted by Gasteiger charge is 2.46. The first-order valence-electron chi connectivity index (χ1n) is 10.5. The van der Waals surface area contributed by atoms with E-state index >= 15 is 0 Å². The van der Waals surface area contributed by atoms with Crippen molar-refractivity contribution in [2.75, 3.05) is 0 Å². The first-order chi connectivity index (χ1) is 13.2. The lowest BCUT2D eigenvalue weighted by molar-refractivity contribution is -0.289. The molecule has 0 N–H and O–H groups in total. The van der Waals surface area contributed by atoms with Crippen molar-refractivity contribution in [2.24, 2.45) is 0 Å². The van der Waals surface area contributed by atoms with Crippen molar-refractivity contribution in [2.45, 2.75) is 77.3 Å². The third-order valence-corrected chi connectivity index (χ3v) is 6.10. The number of allylic oxidation sites excluding steroid dienone is 2. The quantitative estimate of drug-likeness (QED) is 0.518. The fourth-order valence-electron chi connectivity index (χ4n) is 4.73. The Morgan fingerprint density at radius 3 is 1.89 bits per heavy atom. The second-order valence-electron chi connectivity index (χ2n) is 9.45. The van der Waals surface area contributed by atoms with E-state index in [0.29, 0.717) is 5.92 Å². The number of hydrogen-bond donors (Lipinski definition) is 0. The van der Waals surface area contributed by atoms with Crippen molar-refractivity contribution in [3.63, 3.8) is 0 Å². The molecule has 2 heteroatoms. The van der Waals surface area contributed by atoms with Gasteiger partial charge in [0.1, 0.15) is 0 Å². The number of nitrogens with zero attached hydrogens (tertiary/aromatic N) is 1. The lowest BCUT2D eigenvalue weighted by Gasteiger charge is -2.50. The molecular formula is C26H34NO. The van der Waals surface area contributed by atoms with Crippen LogP contribution in [0.4, 0.5) is 0 Å². The summed E-state index contributed by atoms with van der Waals surface area (Å²) >= 11 is 0. The predicted molar refractivity (Wildman–Crippen MR) is 118 cm³/mol. The minimum atomic E-state index is -0.326. The lowest BCUT2D eigenvalue weighted by Crippen LogP contribution is -2.57. The number of aryl methyl sites for hydroxylation is 1. The minimum absolute atomic E-state index is 0.326. The largest absolute Gasteiger partial charge is 0.144 e. The summed E-state index contributed by atoms with van der Waals surface area (Å²) in [7, 11) is 0. The summed E-state index contributed by atoms with van der Waals surface area (Å²) in [6.45, 7) is 10.3. The van der Waals surface area contributed by atoms with Crippen LogP contribution in [0, 0.1) is 0 Å². The zero-order valence-corrected chi connectivity index (χ0v) is 18.0. The molecule has 3 rings (SSSR count). The van der Waals surface area contributed by atoms with Gasteiger partial charge in [0.15, 0.2) is 0 Å². The molecule has 0 amide bonds. The van der Waals surface area contributed by atoms with E-state index in [0.717, 1.165) is 25.7 Å². The maximum absolute atomic E-state index is 12.6. The van der Waals surface area contributed by atoms with E-state index < -0.39 is 0 Å². The highest BCUT2D eigenvalue weighted by Crippen LogP contribution is 2.44. The predicted octanol–water partition coefficient (Wildman–Crippen LogP) is 6.94. The molecule has 1 aliphatic rings. The van der Waals surface area contributed by atoms with E-state index in [1.165, 1.54) is 27.3 Å². The van der Waals surface area contributed by atoms with Crippen molar-refractivity contribution in [3.05, 3.63) is 71.8 Å². The molecule has 2 aromatic rings. The second kappa shape index (κ2) is 8.23. The summed E-state index contributed by atoms with van der Waals surface area (Å²) in [6.07, 6.45) is 8.32. The summed E-state index contributed by atoms with van der Waals surface area (Å²) in [4.78, 5) is 0. The Morgan fingerprint density at radius 1 is 0.893 bits per heavy atom. The molecule has 1 heterocycles. The Morgan fingerprint density at radius 2 is 1.39 bits per heavy atom. The Labute approximate surface area is 170 Å². The fraction of sp³-hybridized carbons (Fsp3) is 0.462. The zero-order valence-electron chi connectivity index (χ0n) is 18.0. The van der Waals surface area contributed by atoms with Crippen molar-refractivity contribution < 1.29 is 5.21 Å². The molecule has 0 aliphatic carbocycles. The van der Waals surface area contributed by atoms with Gasteiger partial charge in [-0.1, -0.05) is 60.7 Å². The maximum Gasteiger partial charge on any atom is 0.0449 e. The third-order valence-electron chi connectivity index (χ3n) is 6.10. The average Bonchev–Trinajstić information content (AvgIpc) is 2.66. The van der Waals surface area contributed by atoms with Gasteiger partial charge in [0.2, 0.25) is 0 Å². The lowest BCUT2D eigenvalue weighted by atomic mass is 9.72. The van der Waals surface area contributed by atoms with E-state index in [9.17, 15) is 5.21 Å². The summed E-state index contributed by atoms with van der Waals surface area (Å²) in [5.74, 6) is 0.429. The molecule has 0 atom stereocenters. The van der Waals surface area contributed by atoms with Gasteiger partial charge in [-0.2, -0.15) is 0 Å². The van der Waals surface area contributed by atoms with Crippen LogP contribution in [0.15, 0.2) is 60.7 Å². The molecular weight excluding hydrogens is 342 g/mol. The molecule has 0 bridgehead atoms. The van der Waals surface area contributed by atoms with Crippen LogP contribution in [-0.4, -0.2) is 16.1 Å². The highest BCUT2D eigenvalue weighted by molar-refractivity contribution is 5.64. The van der Waals surface area contributed by atoms with Gasteiger partial charge >= 0.3 is 0 Å². The monoisotopic (exact) mass is 376 g/mol. The molecule has 2 nitrogen and oxygen atoms in total. The van der Waals surface area contributed by atoms with Crippen molar-refractivity contribution in [1.29, 1.82) is 0 Å². The van der Waals surface area contributed by atoms with E-state index in [1.807, 2.05) is 0 Å². The van der Waals surface area contributed by atoms with Crippen LogP contribution in [0.25, 0.3) is 11.1 Å². The van der Waals surface area contributed by atoms with Gasteiger partial charge in [0, 0.05) is 11.1 Å². The number of benzene rings is 2. The Kier molecular flexibility index (Phi) is 6.12. The highest BCUT2D eigenvalue weighted by atomic mass is 16.5. The molecule has 1 saturated heterocycles. The average molecular weight is 377 g/mol. The van der Waals surface area contributed by atoms with Gasteiger partial charge in [-0.25, -0.2) is 0 Å². The van der Waals surface area contributed by atoms with E-state index in [2.05, 4.69) is 95.3 Å². The molecule has 0 unspecified atom stereocenters. The first kappa shape index (κ1) is 20.8. The minimum Gasteiger partial charge on any atom is -0.144 e. The Hall–Kier alpha value is -1.90. The van der Waals surface area contributed by atoms with Crippen LogP contribution in [0.5, 0.6) is 0 Å². The van der Waals surface area contributed by atoms with Crippen LogP contribution in [0.2, 0.25) is 0 Å². The van der Waals surface area contributed by atoms with Gasteiger partial charge in [-0.3, -0.25) is 0 Å². The van der Waals surface area contributed by atoms with Crippen molar-refractivity contribution >= 4 is 0 Å². The number of hydroxylamine groups is 2. The van der Waals surface area contributed by atoms with Crippen molar-refractivity contribution in [3.8, 4) is 11.1 Å². The van der Waals surface area contributed by atoms with Crippen molar-refractivity contribution in [1.82, 2.24) is 5.06 Å². The molecule has 0 spiro atoms. The van der Waals surface area contributed by atoms with E-state index in [-0.39, 0.29) is 11.1 Å². The van der Waals surface area contributed by atoms with E-state index in [1.54, 1.807) is 0 Å². The molecule has 1 aliphatic heterocycles. The van der Waals surface area contributed by atoms with Gasteiger partial charge in [-0.05, 0) is 88.5 Å². The molecule has 149 valence electrons. The number of piperidine rings is 1. The van der Waals surface area contributed by atoms with E-state index in [4.69, 9.17) is 0 Å². The standard InChI is InChI=1S/C26H34NO/c1-6-7-8-9-20-10-12-21(13-11-20)22-14-16-23(17-15-22)24-18-25(2,3)27(28)26(4,5)19-24/h6-7,10-17,24H,8-9,18-19H2,1-5H3/b7-6+.